The first-order chi connectivity index (χ1) is 8.55. The summed E-state index contributed by atoms with van der Waals surface area (Å²) in [5, 5.41) is 0. The number of carbonyl (C=O) groups is 1. The van der Waals surface area contributed by atoms with Gasteiger partial charge >= 0.3 is 0 Å². The summed E-state index contributed by atoms with van der Waals surface area (Å²) in [6, 6.07) is 0. The molecule has 106 valence electrons. The van der Waals surface area contributed by atoms with Gasteiger partial charge in [0.2, 0.25) is 0 Å². The van der Waals surface area contributed by atoms with Crippen LogP contribution in [-0.2, 0) is 4.79 Å². The average molecular weight is 252 g/mol. The van der Waals surface area contributed by atoms with Crippen molar-refractivity contribution >= 4 is 5.78 Å². The fourth-order valence-electron chi connectivity index (χ4n) is 3.00. The Bertz CT molecular complexity index is 232. The van der Waals surface area contributed by atoms with Gasteiger partial charge in [-0.15, -0.1) is 0 Å². The van der Waals surface area contributed by atoms with Crippen molar-refractivity contribution in [3.05, 3.63) is 0 Å². The number of hydrogen-bond acceptors (Lipinski definition) is 1. The Kier molecular flexibility index (Phi) is 6.96. The van der Waals surface area contributed by atoms with Gasteiger partial charge in [-0.25, -0.2) is 0 Å². The van der Waals surface area contributed by atoms with E-state index in [4.69, 9.17) is 0 Å². The lowest BCUT2D eigenvalue weighted by Gasteiger charge is -2.33. The van der Waals surface area contributed by atoms with E-state index >= 15 is 0 Å². The molecule has 1 heteroatoms. The summed E-state index contributed by atoms with van der Waals surface area (Å²) in [4.78, 5) is 12.1. The van der Waals surface area contributed by atoms with E-state index < -0.39 is 0 Å². The van der Waals surface area contributed by atoms with Gasteiger partial charge in [0, 0.05) is 12.3 Å². The molecule has 1 nitrogen and oxygen atoms in total. The van der Waals surface area contributed by atoms with Gasteiger partial charge in [-0.1, -0.05) is 52.9 Å². The number of hydrogen-bond donors (Lipinski definition) is 0. The van der Waals surface area contributed by atoms with Crippen LogP contribution in [0.2, 0.25) is 0 Å². The zero-order valence-corrected chi connectivity index (χ0v) is 12.8. The summed E-state index contributed by atoms with van der Waals surface area (Å²) in [6.07, 6.45) is 13.3. The Morgan fingerprint density at radius 2 is 1.56 bits per heavy atom. The molecule has 0 aromatic carbocycles. The van der Waals surface area contributed by atoms with E-state index in [1.165, 1.54) is 44.9 Å². The quantitative estimate of drug-likeness (QED) is 0.520. The molecule has 0 saturated heterocycles. The zero-order chi connectivity index (χ0) is 13.4. The predicted octanol–water partition coefficient (Wildman–Crippen LogP) is 5.52. The maximum absolute atomic E-state index is 12.1. The molecule has 0 aliphatic heterocycles. The van der Waals surface area contributed by atoms with Crippen molar-refractivity contribution in [1.82, 2.24) is 0 Å². The van der Waals surface area contributed by atoms with Crippen molar-refractivity contribution in [2.75, 3.05) is 0 Å². The van der Waals surface area contributed by atoms with Gasteiger partial charge in [-0.05, 0) is 37.5 Å². The first-order valence-electron chi connectivity index (χ1n) is 8.08. The number of Topliss-reactive ketones (excluding diaryl/α,β-unsaturated/α-hetero) is 1. The highest BCUT2D eigenvalue weighted by Crippen LogP contribution is 2.38. The second-order valence-electron chi connectivity index (χ2n) is 6.92. The maximum Gasteiger partial charge on any atom is 0.135 e. The van der Waals surface area contributed by atoms with Crippen molar-refractivity contribution in [3.63, 3.8) is 0 Å². The standard InChI is InChI=1S/C17H32O/c1-4-5-6-7-8-9-10-16(18)15-11-13-17(2,3)14-12-15/h15H,4-14H2,1-3H3. The molecule has 1 rings (SSSR count). The lowest BCUT2D eigenvalue weighted by Crippen LogP contribution is -2.26. The van der Waals surface area contributed by atoms with E-state index in [2.05, 4.69) is 20.8 Å². The van der Waals surface area contributed by atoms with Crippen LogP contribution < -0.4 is 0 Å². The smallest absolute Gasteiger partial charge is 0.135 e. The molecule has 0 bridgehead atoms. The number of ketones is 1. The first-order valence-corrected chi connectivity index (χ1v) is 8.08. The largest absolute Gasteiger partial charge is 0.299 e. The van der Waals surface area contributed by atoms with E-state index in [1.54, 1.807) is 0 Å². The van der Waals surface area contributed by atoms with Crippen LogP contribution in [0.15, 0.2) is 0 Å². The molecule has 0 radical (unpaired) electrons. The average Bonchev–Trinajstić information content (AvgIpc) is 2.33. The maximum atomic E-state index is 12.1. The molecular formula is C17H32O. The molecule has 1 saturated carbocycles. The minimum atomic E-state index is 0.397. The third-order valence-electron chi connectivity index (χ3n) is 4.57. The summed E-state index contributed by atoms with van der Waals surface area (Å²) in [5.41, 5.74) is 0.483. The summed E-state index contributed by atoms with van der Waals surface area (Å²) < 4.78 is 0. The fourth-order valence-corrected chi connectivity index (χ4v) is 3.00. The van der Waals surface area contributed by atoms with Crippen molar-refractivity contribution in [1.29, 1.82) is 0 Å². The molecule has 1 aliphatic rings. The second-order valence-corrected chi connectivity index (χ2v) is 6.92. The summed E-state index contributed by atoms with van der Waals surface area (Å²) in [6.45, 7) is 6.91. The van der Waals surface area contributed by atoms with Crippen molar-refractivity contribution < 1.29 is 4.79 Å². The van der Waals surface area contributed by atoms with Gasteiger partial charge in [0.15, 0.2) is 0 Å². The van der Waals surface area contributed by atoms with Gasteiger partial charge in [-0.2, -0.15) is 0 Å². The summed E-state index contributed by atoms with van der Waals surface area (Å²) in [5.74, 6) is 0.953. The third kappa shape index (κ3) is 6.02. The van der Waals surface area contributed by atoms with Crippen LogP contribution in [0.4, 0.5) is 0 Å². The number of rotatable bonds is 8. The molecule has 1 fully saturated rings. The molecule has 0 heterocycles. The molecule has 0 aromatic heterocycles. The number of carbonyl (C=O) groups excluding carboxylic acids is 1. The normalized spacial score (nSPS) is 19.9. The molecule has 0 unspecified atom stereocenters. The van der Waals surface area contributed by atoms with E-state index in [0.29, 0.717) is 17.1 Å². The molecule has 18 heavy (non-hydrogen) atoms. The van der Waals surface area contributed by atoms with E-state index in [1.807, 2.05) is 0 Å². The molecule has 0 N–H and O–H groups in total. The van der Waals surface area contributed by atoms with Crippen molar-refractivity contribution in [2.45, 2.75) is 91.4 Å². The van der Waals surface area contributed by atoms with Crippen LogP contribution in [0.5, 0.6) is 0 Å². The topological polar surface area (TPSA) is 17.1 Å². The van der Waals surface area contributed by atoms with Gasteiger partial charge in [0.1, 0.15) is 5.78 Å². The lowest BCUT2D eigenvalue weighted by molar-refractivity contribution is -0.124. The van der Waals surface area contributed by atoms with Crippen LogP contribution in [-0.4, -0.2) is 5.78 Å². The SMILES string of the molecule is CCCCCCCCC(=O)C1CCC(C)(C)CC1. The minimum Gasteiger partial charge on any atom is -0.299 e. The number of unbranched alkanes of at least 4 members (excludes halogenated alkanes) is 5. The van der Waals surface area contributed by atoms with E-state index in [9.17, 15) is 4.79 Å². The molecule has 0 atom stereocenters. The van der Waals surface area contributed by atoms with E-state index in [0.717, 1.165) is 25.7 Å². The minimum absolute atomic E-state index is 0.397. The Morgan fingerprint density at radius 1 is 1.00 bits per heavy atom. The van der Waals surface area contributed by atoms with Crippen LogP contribution in [0.3, 0.4) is 0 Å². The molecule has 0 spiro atoms. The van der Waals surface area contributed by atoms with E-state index in [-0.39, 0.29) is 0 Å². The highest BCUT2D eigenvalue weighted by molar-refractivity contribution is 5.81. The molecule has 0 aromatic rings. The lowest BCUT2D eigenvalue weighted by atomic mass is 9.71. The van der Waals surface area contributed by atoms with Crippen LogP contribution in [0.25, 0.3) is 0 Å². The Balaban J connectivity index is 2.07. The third-order valence-corrected chi connectivity index (χ3v) is 4.57. The Labute approximate surface area is 114 Å². The first kappa shape index (κ1) is 15.7. The van der Waals surface area contributed by atoms with Gasteiger partial charge in [0.25, 0.3) is 0 Å². The van der Waals surface area contributed by atoms with Gasteiger partial charge < -0.3 is 0 Å². The highest BCUT2D eigenvalue weighted by atomic mass is 16.1. The summed E-state index contributed by atoms with van der Waals surface area (Å²) in [7, 11) is 0. The molecule has 1 aliphatic carbocycles. The van der Waals surface area contributed by atoms with Gasteiger partial charge in [-0.3, -0.25) is 4.79 Å². The van der Waals surface area contributed by atoms with Crippen LogP contribution >= 0.6 is 0 Å². The highest BCUT2D eigenvalue weighted by Gasteiger charge is 2.29. The van der Waals surface area contributed by atoms with Crippen LogP contribution in [0, 0.1) is 11.3 Å². The zero-order valence-electron chi connectivity index (χ0n) is 12.8. The molecular weight excluding hydrogens is 220 g/mol. The Hall–Kier alpha value is -0.330. The Morgan fingerprint density at radius 3 is 2.17 bits per heavy atom. The van der Waals surface area contributed by atoms with Crippen molar-refractivity contribution in [3.8, 4) is 0 Å². The second kappa shape index (κ2) is 7.96. The molecule has 0 amide bonds. The van der Waals surface area contributed by atoms with Crippen LogP contribution in [0.1, 0.15) is 91.4 Å². The van der Waals surface area contributed by atoms with Crippen molar-refractivity contribution in [2.24, 2.45) is 11.3 Å². The van der Waals surface area contributed by atoms with Gasteiger partial charge in [0.05, 0.1) is 0 Å². The predicted molar refractivity (Wildman–Crippen MR) is 78.7 cm³/mol. The monoisotopic (exact) mass is 252 g/mol. The summed E-state index contributed by atoms with van der Waals surface area (Å²) >= 11 is 0. The fraction of sp³-hybridized carbons (Fsp3) is 0.941.